The largest absolute Gasteiger partial charge is 0.478 e. The molecule has 0 aliphatic rings. The molecule has 1 unspecified atom stereocenters. The average Bonchev–Trinajstić information content (AvgIpc) is 2.37. The predicted molar refractivity (Wildman–Crippen MR) is 74.4 cm³/mol. The molecule has 1 aromatic carbocycles. The Kier molecular flexibility index (Phi) is 5.22. The summed E-state index contributed by atoms with van der Waals surface area (Å²) in [5.74, 6) is -0.508. The Labute approximate surface area is 111 Å². The predicted octanol–water partition coefficient (Wildman–Crippen LogP) is 2.35. The van der Waals surface area contributed by atoms with Crippen LogP contribution in [-0.4, -0.2) is 36.0 Å². The van der Waals surface area contributed by atoms with Crippen molar-refractivity contribution in [1.82, 2.24) is 0 Å². The summed E-state index contributed by atoms with van der Waals surface area (Å²) >= 11 is 1.60. The topological polar surface area (TPSA) is 57.6 Å². The smallest absolute Gasteiger partial charge is 0.337 e. The maximum absolute atomic E-state index is 12.1. The number of carboxylic acid groups (broad SMARTS) is 1. The minimum atomic E-state index is -1.03. The zero-order valence-corrected chi connectivity index (χ0v) is 11.5. The molecule has 0 aliphatic heterocycles. The Morgan fingerprint density at radius 2 is 2.00 bits per heavy atom. The van der Waals surface area contributed by atoms with Crippen LogP contribution in [-0.2, 0) is 4.79 Å². The first-order chi connectivity index (χ1) is 8.49. The second-order valence-corrected chi connectivity index (χ2v) is 4.99. The van der Waals surface area contributed by atoms with Crippen LogP contribution in [0, 0.1) is 5.92 Å². The van der Waals surface area contributed by atoms with Crippen LogP contribution in [0.25, 0.3) is 0 Å². The normalized spacial score (nSPS) is 11.9. The molecule has 0 heterocycles. The summed E-state index contributed by atoms with van der Waals surface area (Å²) in [6.07, 6.45) is 1.94. The Bertz CT molecular complexity index is 448. The lowest BCUT2D eigenvalue weighted by Crippen LogP contribution is -2.33. The van der Waals surface area contributed by atoms with Crippen LogP contribution < -0.4 is 4.90 Å². The third-order valence-electron chi connectivity index (χ3n) is 2.66. The van der Waals surface area contributed by atoms with Crippen molar-refractivity contribution in [2.24, 2.45) is 5.92 Å². The second-order valence-electron chi connectivity index (χ2n) is 4.08. The van der Waals surface area contributed by atoms with Crippen LogP contribution in [0.5, 0.6) is 0 Å². The van der Waals surface area contributed by atoms with Crippen LogP contribution in [0.15, 0.2) is 24.3 Å². The maximum atomic E-state index is 12.1. The van der Waals surface area contributed by atoms with E-state index in [1.54, 1.807) is 37.0 Å². The fourth-order valence-corrected chi connectivity index (χ4v) is 2.36. The molecule has 1 N–H and O–H groups in total. The van der Waals surface area contributed by atoms with Gasteiger partial charge in [-0.3, -0.25) is 4.79 Å². The molecule has 18 heavy (non-hydrogen) atoms. The minimum absolute atomic E-state index is 0.0712. The molecule has 0 bridgehead atoms. The van der Waals surface area contributed by atoms with Crippen LogP contribution in [0.3, 0.4) is 0 Å². The summed E-state index contributed by atoms with van der Waals surface area (Å²) in [6.45, 7) is 1.85. The highest BCUT2D eigenvalue weighted by atomic mass is 32.2. The zero-order valence-electron chi connectivity index (χ0n) is 10.7. The summed E-state index contributed by atoms with van der Waals surface area (Å²) in [5.41, 5.74) is 0.577. The monoisotopic (exact) mass is 267 g/mol. The molecule has 1 aromatic rings. The van der Waals surface area contributed by atoms with Crippen LogP contribution >= 0.6 is 11.8 Å². The van der Waals surface area contributed by atoms with Crippen molar-refractivity contribution in [3.63, 3.8) is 0 Å². The minimum Gasteiger partial charge on any atom is -0.478 e. The molecule has 5 heteroatoms. The Morgan fingerprint density at radius 3 is 2.56 bits per heavy atom. The number of carbonyl (C=O) groups excluding carboxylic acids is 1. The van der Waals surface area contributed by atoms with E-state index in [1.165, 1.54) is 11.0 Å². The van der Waals surface area contributed by atoms with Crippen molar-refractivity contribution >= 4 is 29.3 Å². The van der Waals surface area contributed by atoms with Gasteiger partial charge in [0, 0.05) is 18.7 Å². The van der Waals surface area contributed by atoms with Gasteiger partial charge >= 0.3 is 5.97 Å². The molecule has 1 atom stereocenters. The summed E-state index contributed by atoms with van der Waals surface area (Å²) in [4.78, 5) is 24.7. The van der Waals surface area contributed by atoms with Crippen molar-refractivity contribution in [1.29, 1.82) is 0 Å². The van der Waals surface area contributed by atoms with E-state index in [1.807, 2.05) is 13.2 Å². The summed E-state index contributed by atoms with van der Waals surface area (Å²) in [5, 5.41) is 9.10. The standard InChI is InChI=1S/C13H17NO3S/c1-9(8-18-3)12(15)14(2)11-7-5-4-6-10(11)13(16)17/h4-7,9H,8H2,1-3H3,(H,16,17). The first kappa shape index (κ1) is 14.6. The van der Waals surface area contributed by atoms with E-state index in [9.17, 15) is 9.59 Å². The summed E-state index contributed by atoms with van der Waals surface area (Å²) in [7, 11) is 1.61. The molecule has 0 saturated heterocycles. The number of rotatable bonds is 5. The molecule has 1 amide bonds. The lowest BCUT2D eigenvalue weighted by atomic mass is 10.1. The number of anilines is 1. The van der Waals surface area contributed by atoms with Gasteiger partial charge in [-0.05, 0) is 18.4 Å². The van der Waals surface area contributed by atoms with Crippen LogP contribution in [0.4, 0.5) is 5.69 Å². The Morgan fingerprint density at radius 1 is 1.39 bits per heavy atom. The Balaban J connectivity index is 3.00. The van der Waals surface area contributed by atoms with Crippen LogP contribution in [0.1, 0.15) is 17.3 Å². The van der Waals surface area contributed by atoms with Gasteiger partial charge in [-0.25, -0.2) is 4.79 Å². The molecule has 0 saturated carbocycles. The van der Waals surface area contributed by atoms with Crippen molar-refractivity contribution in [2.45, 2.75) is 6.92 Å². The molecule has 0 fully saturated rings. The van der Waals surface area contributed by atoms with E-state index in [-0.39, 0.29) is 17.4 Å². The van der Waals surface area contributed by atoms with E-state index in [4.69, 9.17) is 5.11 Å². The number of hydrogen-bond acceptors (Lipinski definition) is 3. The lowest BCUT2D eigenvalue weighted by Gasteiger charge is -2.22. The van der Waals surface area contributed by atoms with Crippen molar-refractivity contribution < 1.29 is 14.7 Å². The van der Waals surface area contributed by atoms with E-state index < -0.39 is 5.97 Å². The molecular weight excluding hydrogens is 250 g/mol. The molecular formula is C13H17NO3S. The number of amides is 1. The van der Waals surface area contributed by atoms with Gasteiger partial charge in [0.2, 0.25) is 5.91 Å². The number of thioether (sulfide) groups is 1. The quantitative estimate of drug-likeness (QED) is 0.889. The van der Waals surface area contributed by atoms with Gasteiger partial charge in [0.05, 0.1) is 11.3 Å². The molecule has 98 valence electrons. The Hall–Kier alpha value is -1.49. The van der Waals surface area contributed by atoms with Crippen molar-refractivity contribution in [3.05, 3.63) is 29.8 Å². The molecule has 0 aromatic heterocycles. The SMILES string of the molecule is CSCC(C)C(=O)N(C)c1ccccc1C(=O)O. The number of carbonyl (C=O) groups is 2. The summed E-state index contributed by atoms with van der Waals surface area (Å²) in [6, 6.07) is 6.52. The van der Waals surface area contributed by atoms with Gasteiger partial charge in [0.1, 0.15) is 0 Å². The van der Waals surface area contributed by atoms with Gasteiger partial charge in [0.15, 0.2) is 0 Å². The van der Waals surface area contributed by atoms with E-state index in [0.29, 0.717) is 5.69 Å². The molecule has 1 rings (SSSR count). The summed E-state index contributed by atoms with van der Waals surface area (Å²) < 4.78 is 0. The molecule has 0 spiro atoms. The van der Waals surface area contributed by atoms with Gasteiger partial charge in [-0.2, -0.15) is 11.8 Å². The maximum Gasteiger partial charge on any atom is 0.337 e. The second kappa shape index (κ2) is 6.44. The number of aromatic carboxylic acids is 1. The van der Waals surface area contributed by atoms with E-state index in [2.05, 4.69) is 0 Å². The first-order valence-electron chi connectivity index (χ1n) is 5.57. The number of carboxylic acids is 1. The first-order valence-corrected chi connectivity index (χ1v) is 6.97. The average molecular weight is 267 g/mol. The zero-order chi connectivity index (χ0) is 13.7. The van der Waals surface area contributed by atoms with Crippen molar-refractivity contribution in [2.75, 3.05) is 24.0 Å². The van der Waals surface area contributed by atoms with E-state index >= 15 is 0 Å². The molecule has 4 nitrogen and oxygen atoms in total. The number of benzene rings is 1. The number of nitrogens with zero attached hydrogens (tertiary/aromatic N) is 1. The third kappa shape index (κ3) is 3.26. The highest BCUT2D eigenvalue weighted by Crippen LogP contribution is 2.21. The lowest BCUT2D eigenvalue weighted by molar-refractivity contribution is -0.120. The van der Waals surface area contributed by atoms with Gasteiger partial charge in [-0.1, -0.05) is 19.1 Å². The van der Waals surface area contributed by atoms with E-state index in [0.717, 1.165) is 5.75 Å². The van der Waals surface area contributed by atoms with Gasteiger partial charge < -0.3 is 10.0 Å². The number of para-hydroxylation sites is 1. The molecule has 0 aliphatic carbocycles. The van der Waals surface area contributed by atoms with Crippen molar-refractivity contribution in [3.8, 4) is 0 Å². The van der Waals surface area contributed by atoms with Gasteiger partial charge in [-0.15, -0.1) is 0 Å². The fourth-order valence-electron chi connectivity index (χ4n) is 1.72. The van der Waals surface area contributed by atoms with Gasteiger partial charge in [0.25, 0.3) is 0 Å². The highest BCUT2D eigenvalue weighted by Gasteiger charge is 2.21. The fraction of sp³-hybridized carbons (Fsp3) is 0.385. The highest BCUT2D eigenvalue weighted by molar-refractivity contribution is 7.98. The number of hydrogen-bond donors (Lipinski definition) is 1. The van der Waals surface area contributed by atoms with Crippen LogP contribution in [0.2, 0.25) is 0 Å². The molecule has 0 radical (unpaired) electrons. The third-order valence-corrected chi connectivity index (χ3v) is 3.50.